The lowest BCUT2D eigenvalue weighted by Gasteiger charge is -2.38. The zero-order valence-electron chi connectivity index (χ0n) is 14.5. The highest BCUT2D eigenvalue weighted by atomic mass is 127. The van der Waals surface area contributed by atoms with E-state index in [0.717, 1.165) is 19.5 Å². The third-order valence-electron chi connectivity index (χ3n) is 4.37. The molecule has 3 N–H and O–H groups in total. The maximum absolute atomic E-state index is 6.00. The van der Waals surface area contributed by atoms with Crippen LogP contribution in [-0.4, -0.2) is 37.5 Å². The van der Waals surface area contributed by atoms with E-state index in [-0.39, 0.29) is 24.0 Å². The van der Waals surface area contributed by atoms with Gasteiger partial charge in [-0.25, -0.2) is 0 Å². The Kier molecular flexibility index (Phi) is 9.46. The predicted octanol–water partition coefficient (Wildman–Crippen LogP) is 3.70. The molecule has 2 heterocycles. The number of nitrogens with two attached hydrogens (primary N) is 1. The van der Waals surface area contributed by atoms with Gasteiger partial charge in [0.25, 0.3) is 0 Å². The van der Waals surface area contributed by atoms with Gasteiger partial charge in [-0.1, -0.05) is 19.9 Å². The number of piperidine rings is 1. The summed E-state index contributed by atoms with van der Waals surface area (Å²) in [6, 6.07) is 4.88. The van der Waals surface area contributed by atoms with Crippen LogP contribution in [0.1, 0.15) is 44.0 Å². The second kappa shape index (κ2) is 10.5. The molecular weight excluding hydrogens is 419 g/mol. The van der Waals surface area contributed by atoms with Crippen LogP contribution < -0.4 is 11.1 Å². The van der Waals surface area contributed by atoms with Crippen LogP contribution in [-0.2, 0) is 0 Å². The van der Waals surface area contributed by atoms with E-state index in [2.05, 4.69) is 53.6 Å². The van der Waals surface area contributed by atoms with E-state index < -0.39 is 0 Å². The minimum atomic E-state index is 0. The predicted molar refractivity (Wildman–Crippen MR) is 112 cm³/mol. The van der Waals surface area contributed by atoms with Gasteiger partial charge in [0.1, 0.15) is 0 Å². The summed E-state index contributed by atoms with van der Waals surface area (Å²) in [5.74, 6) is 1.84. The zero-order valence-corrected chi connectivity index (χ0v) is 17.6. The van der Waals surface area contributed by atoms with Crippen LogP contribution in [0.2, 0.25) is 0 Å². The van der Waals surface area contributed by atoms with Crippen molar-refractivity contribution in [3.63, 3.8) is 0 Å². The maximum Gasteiger partial charge on any atom is 0.188 e. The van der Waals surface area contributed by atoms with Crippen molar-refractivity contribution in [3.8, 4) is 0 Å². The Morgan fingerprint density at radius 3 is 2.96 bits per heavy atom. The summed E-state index contributed by atoms with van der Waals surface area (Å²) in [5, 5.41) is 5.40. The maximum atomic E-state index is 6.00. The van der Waals surface area contributed by atoms with Crippen LogP contribution in [0.4, 0.5) is 0 Å². The van der Waals surface area contributed by atoms with Crippen molar-refractivity contribution in [1.82, 2.24) is 10.2 Å². The van der Waals surface area contributed by atoms with E-state index in [9.17, 15) is 0 Å². The first-order valence-electron chi connectivity index (χ1n) is 8.35. The summed E-state index contributed by atoms with van der Waals surface area (Å²) in [6.07, 6.45) is 3.61. The molecule has 2 atom stereocenters. The smallest absolute Gasteiger partial charge is 0.188 e. The van der Waals surface area contributed by atoms with Crippen LogP contribution in [0.3, 0.4) is 0 Å². The Hall–Kier alpha value is -0.340. The molecule has 0 spiro atoms. The number of halogens is 1. The van der Waals surface area contributed by atoms with Gasteiger partial charge in [-0.2, -0.15) is 0 Å². The highest BCUT2D eigenvalue weighted by Gasteiger charge is 2.30. The highest BCUT2D eigenvalue weighted by Crippen LogP contribution is 2.37. The second-order valence-corrected chi connectivity index (χ2v) is 7.66. The number of nitrogens with one attached hydrogen (secondary N) is 1. The molecule has 0 bridgehead atoms. The molecule has 4 nitrogen and oxygen atoms in total. The zero-order chi connectivity index (χ0) is 15.9. The summed E-state index contributed by atoms with van der Waals surface area (Å²) in [4.78, 5) is 8.52. The van der Waals surface area contributed by atoms with Crippen LogP contribution in [0.5, 0.6) is 0 Å². The number of thiophene rings is 1. The van der Waals surface area contributed by atoms with Gasteiger partial charge in [0.05, 0.1) is 0 Å². The fraction of sp³-hybridized carbons (Fsp3) is 0.706. The van der Waals surface area contributed by atoms with Gasteiger partial charge in [-0.15, -0.1) is 35.3 Å². The molecule has 0 radical (unpaired) electrons. The molecule has 0 amide bonds. The van der Waals surface area contributed by atoms with Crippen molar-refractivity contribution >= 4 is 41.3 Å². The van der Waals surface area contributed by atoms with Crippen LogP contribution in [0.15, 0.2) is 22.5 Å². The lowest BCUT2D eigenvalue weighted by molar-refractivity contribution is 0.128. The molecule has 1 saturated heterocycles. The molecule has 0 saturated carbocycles. The molecule has 1 aromatic rings. The third-order valence-corrected chi connectivity index (χ3v) is 5.31. The number of hydrogen-bond donors (Lipinski definition) is 2. The minimum absolute atomic E-state index is 0. The van der Waals surface area contributed by atoms with Crippen molar-refractivity contribution in [1.29, 1.82) is 0 Å². The molecular formula is C17H31IN4S. The van der Waals surface area contributed by atoms with Gasteiger partial charge in [0, 0.05) is 24.0 Å². The van der Waals surface area contributed by atoms with E-state index in [4.69, 9.17) is 5.73 Å². The average Bonchev–Trinajstić information content (AvgIpc) is 2.98. The Bertz CT molecular complexity index is 461. The molecule has 0 aliphatic carbocycles. The largest absolute Gasteiger partial charge is 0.370 e. The van der Waals surface area contributed by atoms with Gasteiger partial charge in [-0.05, 0) is 56.1 Å². The van der Waals surface area contributed by atoms with Crippen molar-refractivity contribution < 1.29 is 0 Å². The molecule has 1 aromatic heterocycles. The van der Waals surface area contributed by atoms with Crippen LogP contribution in [0.25, 0.3) is 0 Å². The molecule has 1 fully saturated rings. The average molecular weight is 450 g/mol. The van der Waals surface area contributed by atoms with Crippen LogP contribution >= 0.6 is 35.3 Å². The molecule has 2 rings (SSSR count). The highest BCUT2D eigenvalue weighted by molar-refractivity contribution is 14.0. The first kappa shape index (κ1) is 20.7. The number of likely N-dealkylation sites (tertiary alicyclic amines) is 1. The Morgan fingerprint density at radius 1 is 1.52 bits per heavy atom. The third kappa shape index (κ3) is 6.58. The van der Waals surface area contributed by atoms with E-state index in [1.165, 1.54) is 24.3 Å². The van der Waals surface area contributed by atoms with Crippen molar-refractivity contribution in [2.24, 2.45) is 22.6 Å². The summed E-state index contributed by atoms with van der Waals surface area (Å²) >= 11 is 1.85. The van der Waals surface area contributed by atoms with Gasteiger partial charge in [0.2, 0.25) is 0 Å². The lowest BCUT2D eigenvalue weighted by Crippen LogP contribution is -2.38. The van der Waals surface area contributed by atoms with E-state index in [1.807, 2.05) is 11.3 Å². The topological polar surface area (TPSA) is 53.6 Å². The lowest BCUT2D eigenvalue weighted by atomic mass is 9.88. The van der Waals surface area contributed by atoms with E-state index in [1.54, 1.807) is 0 Å². The number of guanidine groups is 1. The molecule has 23 heavy (non-hydrogen) atoms. The molecule has 0 aromatic carbocycles. The SMILES string of the molecule is CC(C)CCNC(N)=NCC1CCCN(C)C1c1cccs1.I. The number of hydrogen-bond acceptors (Lipinski definition) is 3. The Labute approximate surface area is 161 Å². The standard InChI is InChI=1S/C17H30N4S.HI/c1-13(2)8-9-19-17(18)20-12-14-6-4-10-21(3)16(14)15-7-5-11-22-15;/h5,7,11,13-14,16H,4,6,8-10,12H2,1-3H3,(H3,18,19,20);1H. The van der Waals surface area contributed by atoms with Gasteiger partial charge < -0.3 is 11.1 Å². The Morgan fingerprint density at radius 2 is 2.30 bits per heavy atom. The first-order chi connectivity index (χ1) is 10.6. The van der Waals surface area contributed by atoms with Crippen molar-refractivity contribution in [2.45, 2.75) is 39.2 Å². The number of nitrogens with zero attached hydrogens (tertiary/aromatic N) is 2. The summed E-state index contributed by atoms with van der Waals surface area (Å²) in [7, 11) is 2.23. The Balaban J connectivity index is 0.00000264. The summed E-state index contributed by atoms with van der Waals surface area (Å²) in [6.45, 7) is 7.33. The second-order valence-electron chi connectivity index (χ2n) is 6.68. The minimum Gasteiger partial charge on any atom is -0.370 e. The normalized spacial score (nSPS) is 22.9. The fourth-order valence-electron chi connectivity index (χ4n) is 3.12. The number of aliphatic imine (C=N–C) groups is 1. The summed E-state index contributed by atoms with van der Waals surface area (Å²) in [5.41, 5.74) is 6.00. The summed E-state index contributed by atoms with van der Waals surface area (Å²) < 4.78 is 0. The fourth-order valence-corrected chi connectivity index (χ4v) is 4.10. The first-order valence-corrected chi connectivity index (χ1v) is 9.23. The molecule has 2 unspecified atom stereocenters. The van der Waals surface area contributed by atoms with Gasteiger partial charge >= 0.3 is 0 Å². The van der Waals surface area contributed by atoms with Crippen LogP contribution in [0, 0.1) is 11.8 Å². The van der Waals surface area contributed by atoms with Crippen molar-refractivity contribution in [2.75, 3.05) is 26.7 Å². The monoisotopic (exact) mass is 450 g/mol. The molecule has 6 heteroatoms. The molecule has 132 valence electrons. The molecule has 1 aliphatic rings. The van der Waals surface area contributed by atoms with E-state index in [0.29, 0.717) is 23.8 Å². The quantitative estimate of drug-likeness (QED) is 0.395. The van der Waals surface area contributed by atoms with Gasteiger partial charge in [-0.3, -0.25) is 9.89 Å². The van der Waals surface area contributed by atoms with Crippen molar-refractivity contribution in [3.05, 3.63) is 22.4 Å². The number of rotatable bonds is 6. The van der Waals surface area contributed by atoms with Gasteiger partial charge in [0.15, 0.2) is 5.96 Å². The van der Waals surface area contributed by atoms with E-state index >= 15 is 0 Å². The molecule has 1 aliphatic heterocycles.